The van der Waals surface area contributed by atoms with Crippen LogP contribution in [-0.4, -0.2) is 43.2 Å². The Morgan fingerprint density at radius 3 is 2.67 bits per heavy atom. The number of hydrogen-bond acceptors (Lipinski definition) is 5. The standard InChI is InChI=1S/C17H20N2O5/c1-11(2)15(20)13-10-12-4-3-5-14(19(21)22)16(12)24-17(13)18-6-8-23-9-7-18/h3-5,10-11,17H,6-9H2,1-2H3/p+1/t17-/m0/s1. The van der Waals surface area contributed by atoms with Gasteiger partial charge in [0.25, 0.3) is 6.23 Å². The number of nitrogens with one attached hydrogen (secondary N) is 1. The predicted octanol–water partition coefficient (Wildman–Crippen LogP) is 0.837. The normalized spacial score (nSPS) is 21.0. The summed E-state index contributed by atoms with van der Waals surface area (Å²) in [6.45, 7) is 6.26. The van der Waals surface area contributed by atoms with Crippen molar-refractivity contribution in [1.29, 1.82) is 0 Å². The first-order valence-corrected chi connectivity index (χ1v) is 8.11. The van der Waals surface area contributed by atoms with Crippen molar-refractivity contribution in [3.05, 3.63) is 39.4 Å². The number of nitrogens with zero attached hydrogens (tertiary/aromatic N) is 1. The number of nitro groups is 1. The second-order valence-corrected chi connectivity index (χ2v) is 6.34. The molecule has 1 saturated heterocycles. The van der Waals surface area contributed by atoms with Crippen LogP contribution in [0.3, 0.4) is 0 Å². The Morgan fingerprint density at radius 1 is 1.33 bits per heavy atom. The van der Waals surface area contributed by atoms with Crippen LogP contribution in [0.15, 0.2) is 23.8 Å². The highest BCUT2D eigenvalue weighted by Crippen LogP contribution is 2.37. The first-order valence-electron chi connectivity index (χ1n) is 8.11. The number of carbonyl (C=O) groups is 1. The third-order valence-electron chi connectivity index (χ3n) is 4.37. The zero-order chi connectivity index (χ0) is 17.3. The lowest BCUT2D eigenvalue weighted by Gasteiger charge is -2.34. The number of hydrogen-bond donors (Lipinski definition) is 1. The molecule has 2 aliphatic heterocycles. The van der Waals surface area contributed by atoms with Crippen molar-refractivity contribution in [2.24, 2.45) is 5.92 Å². The van der Waals surface area contributed by atoms with Crippen LogP contribution in [0.25, 0.3) is 6.08 Å². The van der Waals surface area contributed by atoms with E-state index in [0.717, 1.165) is 4.90 Å². The molecule has 128 valence electrons. The molecule has 0 aliphatic carbocycles. The van der Waals surface area contributed by atoms with Gasteiger partial charge in [-0.25, -0.2) is 0 Å². The SMILES string of the molecule is CC(C)C(=O)C1=Cc2cccc([N+](=O)[O-])c2O[C@@H]1[NH+]1CCOCC1. The Hall–Kier alpha value is -2.25. The fraction of sp³-hybridized carbons (Fsp3) is 0.471. The van der Waals surface area contributed by atoms with E-state index >= 15 is 0 Å². The van der Waals surface area contributed by atoms with Crippen LogP contribution >= 0.6 is 0 Å². The topological polar surface area (TPSA) is 83.1 Å². The van der Waals surface area contributed by atoms with Crippen molar-refractivity contribution in [2.75, 3.05) is 26.3 Å². The number of ketones is 1. The van der Waals surface area contributed by atoms with Crippen LogP contribution in [0.2, 0.25) is 0 Å². The number of quaternary nitrogens is 1. The van der Waals surface area contributed by atoms with Gasteiger partial charge in [0, 0.05) is 17.5 Å². The highest BCUT2D eigenvalue weighted by Gasteiger charge is 2.39. The first kappa shape index (κ1) is 16.6. The van der Waals surface area contributed by atoms with Crippen LogP contribution in [0.1, 0.15) is 19.4 Å². The van der Waals surface area contributed by atoms with Crippen molar-refractivity contribution in [2.45, 2.75) is 20.1 Å². The van der Waals surface area contributed by atoms with Gasteiger partial charge < -0.3 is 9.47 Å². The van der Waals surface area contributed by atoms with Gasteiger partial charge in [-0.15, -0.1) is 0 Å². The Bertz CT molecular complexity index is 692. The summed E-state index contributed by atoms with van der Waals surface area (Å²) < 4.78 is 11.4. The monoisotopic (exact) mass is 333 g/mol. The third-order valence-corrected chi connectivity index (χ3v) is 4.37. The Kier molecular flexibility index (Phi) is 4.64. The molecule has 0 saturated carbocycles. The minimum absolute atomic E-state index is 0.0103. The van der Waals surface area contributed by atoms with Crippen molar-refractivity contribution in [1.82, 2.24) is 0 Å². The van der Waals surface area contributed by atoms with Crippen molar-refractivity contribution < 1.29 is 24.1 Å². The summed E-state index contributed by atoms with van der Waals surface area (Å²) in [6.07, 6.45) is 1.22. The largest absolute Gasteiger partial charge is 0.430 e. The number of benzene rings is 1. The van der Waals surface area contributed by atoms with Gasteiger partial charge in [-0.3, -0.25) is 19.8 Å². The average Bonchev–Trinajstić information content (AvgIpc) is 2.59. The molecule has 0 radical (unpaired) electrons. The molecule has 2 heterocycles. The maximum atomic E-state index is 12.7. The number of para-hydroxylation sites is 1. The molecule has 1 fully saturated rings. The molecule has 24 heavy (non-hydrogen) atoms. The zero-order valence-corrected chi connectivity index (χ0v) is 13.8. The fourth-order valence-electron chi connectivity index (χ4n) is 3.09. The van der Waals surface area contributed by atoms with Crippen molar-refractivity contribution in [3.8, 4) is 5.75 Å². The van der Waals surface area contributed by atoms with Gasteiger partial charge in [0.1, 0.15) is 13.1 Å². The van der Waals surface area contributed by atoms with E-state index in [9.17, 15) is 14.9 Å². The summed E-state index contributed by atoms with van der Waals surface area (Å²) in [5.41, 5.74) is 1.09. The molecule has 7 nitrogen and oxygen atoms in total. The summed E-state index contributed by atoms with van der Waals surface area (Å²) in [7, 11) is 0. The molecule has 1 aromatic rings. The van der Waals surface area contributed by atoms with E-state index in [1.807, 2.05) is 13.8 Å². The van der Waals surface area contributed by atoms with Gasteiger partial charge in [-0.2, -0.15) is 0 Å². The van der Waals surface area contributed by atoms with E-state index in [2.05, 4.69) is 0 Å². The smallest absolute Gasteiger partial charge is 0.311 e. The lowest BCUT2D eigenvalue weighted by molar-refractivity contribution is -0.944. The second-order valence-electron chi connectivity index (χ2n) is 6.34. The second kappa shape index (κ2) is 6.70. The van der Waals surface area contributed by atoms with Gasteiger partial charge in [-0.05, 0) is 6.08 Å². The Balaban J connectivity index is 2.06. The number of Topliss-reactive ketones (excluding diaryl/α,β-unsaturated/α-hetero) is 1. The quantitative estimate of drug-likeness (QED) is 0.652. The van der Waals surface area contributed by atoms with E-state index in [-0.39, 0.29) is 23.1 Å². The van der Waals surface area contributed by atoms with Gasteiger partial charge in [0.05, 0.1) is 23.7 Å². The van der Waals surface area contributed by atoms with E-state index in [1.165, 1.54) is 6.07 Å². The van der Waals surface area contributed by atoms with Crippen molar-refractivity contribution in [3.63, 3.8) is 0 Å². The van der Waals surface area contributed by atoms with E-state index < -0.39 is 11.2 Å². The van der Waals surface area contributed by atoms with Crippen LogP contribution in [0.5, 0.6) is 5.75 Å². The first-order chi connectivity index (χ1) is 11.5. The zero-order valence-electron chi connectivity index (χ0n) is 13.8. The Labute approximate surface area is 140 Å². The molecule has 0 spiro atoms. The fourth-order valence-corrected chi connectivity index (χ4v) is 3.09. The number of ether oxygens (including phenoxy) is 2. The molecule has 0 unspecified atom stereocenters. The molecule has 2 aliphatic rings. The minimum atomic E-state index is -0.530. The molecule has 7 heteroatoms. The molecule has 1 atom stereocenters. The highest BCUT2D eigenvalue weighted by molar-refractivity contribution is 6.02. The van der Waals surface area contributed by atoms with Crippen LogP contribution < -0.4 is 9.64 Å². The third kappa shape index (κ3) is 3.05. The number of nitro benzene ring substituents is 1. The summed E-state index contributed by atoms with van der Waals surface area (Å²) in [6, 6.07) is 4.77. The Morgan fingerprint density at radius 2 is 2.04 bits per heavy atom. The molecular weight excluding hydrogens is 312 g/mol. The van der Waals surface area contributed by atoms with E-state index in [0.29, 0.717) is 37.4 Å². The number of fused-ring (bicyclic) bond motifs is 1. The highest BCUT2D eigenvalue weighted by atomic mass is 16.6. The number of rotatable bonds is 4. The summed E-state index contributed by atoms with van der Waals surface area (Å²) in [5.74, 6) is 0.0889. The molecule has 0 aromatic heterocycles. The summed E-state index contributed by atoms with van der Waals surface area (Å²) >= 11 is 0. The number of carbonyl (C=O) groups excluding carboxylic acids is 1. The van der Waals surface area contributed by atoms with Gasteiger partial charge in [-0.1, -0.05) is 26.0 Å². The van der Waals surface area contributed by atoms with Crippen molar-refractivity contribution >= 4 is 17.5 Å². The maximum absolute atomic E-state index is 12.7. The van der Waals surface area contributed by atoms with Crippen LogP contribution in [0, 0.1) is 16.0 Å². The molecule has 3 rings (SSSR count). The molecule has 0 amide bonds. The molecule has 0 bridgehead atoms. The average molecular weight is 333 g/mol. The lowest BCUT2D eigenvalue weighted by Crippen LogP contribution is -3.18. The van der Waals surface area contributed by atoms with Crippen LogP contribution in [-0.2, 0) is 9.53 Å². The maximum Gasteiger partial charge on any atom is 0.311 e. The van der Waals surface area contributed by atoms with Gasteiger partial charge in [0.15, 0.2) is 5.78 Å². The van der Waals surface area contributed by atoms with E-state index in [1.54, 1.807) is 18.2 Å². The molecule has 1 N–H and O–H groups in total. The number of morpholine rings is 1. The van der Waals surface area contributed by atoms with Gasteiger partial charge >= 0.3 is 5.69 Å². The lowest BCUT2D eigenvalue weighted by atomic mass is 9.94. The summed E-state index contributed by atoms with van der Waals surface area (Å²) in [5, 5.41) is 11.3. The predicted molar refractivity (Wildman–Crippen MR) is 86.9 cm³/mol. The summed E-state index contributed by atoms with van der Waals surface area (Å²) in [4.78, 5) is 24.6. The van der Waals surface area contributed by atoms with Crippen LogP contribution in [0.4, 0.5) is 5.69 Å². The minimum Gasteiger partial charge on any atom is -0.430 e. The molecule has 1 aromatic carbocycles. The molecular formula is C17H21N2O5+. The van der Waals surface area contributed by atoms with E-state index in [4.69, 9.17) is 9.47 Å². The van der Waals surface area contributed by atoms with Gasteiger partial charge in [0.2, 0.25) is 5.75 Å².